The molecule has 0 saturated heterocycles. The molecule has 0 radical (unpaired) electrons. The molecular weight excluding hydrogens is 594 g/mol. The Balaban J connectivity index is 0.00000121. The Labute approximate surface area is 287 Å². The molecule has 0 spiro atoms. The van der Waals surface area contributed by atoms with Crippen molar-refractivity contribution in [3.8, 4) is 0 Å². The summed E-state index contributed by atoms with van der Waals surface area (Å²) in [4.78, 5) is 25.5. The topological polar surface area (TPSA) is 128 Å². The summed E-state index contributed by atoms with van der Waals surface area (Å²) >= 11 is 0. The van der Waals surface area contributed by atoms with Gasteiger partial charge in [0, 0.05) is 20.8 Å². The molecule has 0 aromatic rings. The summed E-state index contributed by atoms with van der Waals surface area (Å²) < 4.78 is 16.9. The lowest BCUT2D eigenvalue weighted by atomic mass is 9.32. The molecule has 0 amide bonds. The van der Waals surface area contributed by atoms with Crippen LogP contribution in [0.2, 0.25) is 0 Å². The smallest absolute Gasteiger partial charge is 0.332 e. The number of ether oxygens (including phenoxy) is 3. The van der Waals surface area contributed by atoms with E-state index in [2.05, 4.69) is 34.6 Å². The average molecular weight is 668 g/mol. The van der Waals surface area contributed by atoms with Crippen LogP contribution < -0.4 is 5.73 Å². The van der Waals surface area contributed by atoms with Gasteiger partial charge in [-0.05, 0) is 115 Å². The number of methoxy groups -OCH3 is 1. The number of hydrogen-bond acceptors (Lipinski definition) is 7. The molecule has 8 nitrogen and oxygen atoms in total. The fraction of sp³-hybridized carbons (Fsp3) is 0.949. The van der Waals surface area contributed by atoms with E-state index in [1.54, 1.807) is 7.11 Å². The molecule has 5 saturated carbocycles. The summed E-state index contributed by atoms with van der Waals surface area (Å²) in [6, 6.07) is 0. The lowest BCUT2D eigenvalue weighted by molar-refractivity contribution is -0.241. The number of rotatable bonds is 9. The zero-order valence-corrected chi connectivity index (χ0v) is 32.1. The normalized spacial score (nSPS) is 40.1. The van der Waals surface area contributed by atoms with E-state index in [9.17, 15) is 14.7 Å². The second-order valence-electron chi connectivity index (χ2n) is 16.0. The monoisotopic (exact) mass is 668 g/mol. The van der Waals surface area contributed by atoms with Crippen LogP contribution in [0, 0.1) is 56.7 Å². The fourth-order valence-corrected chi connectivity index (χ4v) is 12.4. The minimum absolute atomic E-state index is 0.0296. The van der Waals surface area contributed by atoms with Gasteiger partial charge in [0.05, 0.1) is 18.1 Å². The number of carboxylic acids is 1. The molecule has 9 unspecified atom stereocenters. The molecule has 47 heavy (non-hydrogen) atoms. The van der Waals surface area contributed by atoms with Crippen LogP contribution in [0.25, 0.3) is 0 Å². The standard InChI is InChI=1S/C34H57NO6.2C2H6.CH4O/c1-30(2)12-7-13-31(3)25(30)11-14-33(5)26(31)9-8-23-28-22(24(39-6)20-41-27(36)21-40-19-18-35)10-15-34(28,29(37)38)17-16-32(23,33)4;3*1-2/h22-26,28H,7-21,35H2,1-6H3,(H,37,38);2*1-2H3;2H,1H3/t22?,23?,24?,25?,26?,28?,31?,32-,33?,34?;;;/m1.../s1. The van der Waals surface area contributed by atoms with Crippen LogP contribution in [0.3, 0.4) is 0 Å². The Morgan fingerprint density at radius 1 is 0.830 bits per heavy atom. The van der Waals surface area contributed by atoms with Crippen LogP contribution in [0.5, 0.6) is 0 Å². The van der Waals surface area contributed by atoms with Crippen LogP contribution >= 0.6 is 0 Å². The van der Waals surface area contributed by atoms with Crippen molar-refractivity contribution in [2.75, 3.05) is 40.6 Å². The van der Waals surface area contributed by atoms with Gasteiger partial charge in [0.2, 0.25) is 0 Å². The number of aliphatic hydroxyl groups excluding tert-OH is 1. The van der Waals surface area contributed by atoms with E-state index in [1.165, 1.54) is 38.5 Å². The molecule has 5 rings (SSSR count). The Kier molecular flexibility index (Phi) is 15.3. The lowest BCUT2D eigenvalue weighted by Crippen LogP contribution is -2.66. The second-order valence-corrected chi connectivity index (χ2v) is 16.0. The highest BCUT2D eigenvalue weighted by Crippen LogP contribution is 2.77. The second kappa shape index (κ2) is 17.1. The predicted molar refractivity (Wildman–Crippen MR) is 189 cm³/mol. The molecular formula is C39H73NO7. The van der Waals surface area contributed by atoms with Gasteiger partial charge in [0.15, 0.2) is 0 Å². The van der Waals surface area contributed by atoms with Crippen LogP contribution in [0.1, 0.15) is 133 Å². The fourth-order valence-electron chi connectivity index (χ4n) is 12.4. The molecule has 4 N–H and O–H groups in total. The van der Waals surface area contributed by atoms with Crippen molar-refractivity contribution in [3.05, 3.63) is 0 Å². The Bertz CT molecular complexity index is 1000. The Morgan fingerprint density at radius 3 is 2.09 bits per heavy atom. The van der Waals surface area contributed by atoms with Crippen molar-refractivity contribution in [1.29, 1.82) is 0 Å². The highest BCUT2D eigenvalue weighted by Gasteiger charge is 2.72. The van der Waals surface area contributed by atoms with Crippen LogP contribution in [0.4, 0.5) is 0 Å². The van der Waals surface area contributed by atoms with E-state index in [-0.39, 0.29) is 42.0 Å². The van der Waals surface area contributed by atoms with Gasteiger partial charge in [0.1, 0.15) is 13.2 Å². The molecule has 0 heterocycles. The van der Waals surface area contributed by atoms with Gasteiger partial charge >= 0.3 is 11.9 Å². The molecule has 0 aromatic carbocycles. The number of carbonyl (C=O) groups is 2. The molecule has 276 valence electrons. The predicted octanol–water partition coefficient (Wildman–Crippen LogP) is 7.74. The van der Waals surface area contributed by atoms with E-state index in [0.29, 0.717) is 42.2 Å². The maximum Gasteiger partial charge on any atom is 0.332 e. The minimum atomic E-state index is -0.711. The van der Waals surface area contributed by atoms with Crippen molar-refractivity contribution in [2.24, 2.45) is 62.4 Å². The summed E-state index contributed by atoms with van der Waals surface area (Å²) in [6.07, 6.45) is 11.7. The molecule has 5 aliphatic rings. The number of carbonyl (C=O) groups excluding carboxylic acids is 1. The number of esters is 1. The maximum absolute atomic E-state index is 13.1. The largest absolute Gasteiger partial charge is 0.481 e. The first kappa shape index (κ1) is 41.9. The maximum atomic E-state index is 13.1. The first-order valence-electron chi connectivity index (χ1n) is 18.9. The van der Waals surface area contributed by atoms with Crippen molar-refractivity contribution in [3.63, 3.8) is 0 Å². The van der Waals surface area contributed by atoms with Gasteiger partial charge in [-0.25, -0.2) is 4.79 Å². The van der Waals surface area contributed by atoms with Gasteiger partial charge in [-0.1, -0.05) is 68.7 Å². The van der Waals surface area contributed by atoms with Crippen molar-refractivity contribution in [1.82, 2.24) is 0 Å². The molecule has 5 aliphatic carbocycles. The first-order chi connectivity index (χ1) is 22.3. The quantitative estimate of drug-likeness (QED) is 0.168. The third kappa shape index (κ3) is 7.32. The third-order valence-corrected chi connectivity index (χ3v) is 14.3. The summed E-state index contributed by atoms with van der Waals surface area (Å²) in [6.45, 7) is 21.5. The van der Waals surface area contributed by atoms with Crippen LogP contribution in [-0.4, -0.2) is 68.8 Å². The molecule has 10 atom stereocenters. The highest BCUT2D eigenvalue weighted by molar-refractivity contribution is 5.76. The average Bonchev–Trinajstić information content (AvgIpc) is 3.45. The lowest BCUT2D eigenvalue weighted by Gasteiger charge is -2.72. The summed E-state index contributed by atoms with van der Waals surface area (Å²) in [5.41, 5.74) is 5.78. The summed E-state index contributed by atoms with van der Waals surface area (Å²) in [5, 5.41) is 17.8. The van der Waals surface area contributed by atoms with Gasteiger partial charge in [0.25, 0.3) is 0 Å². The van der Waals surface area contributed by atoms with E-state index in [0.717, 1.165) is 38.7 Å². The van der Waals surface area contributed by atoms with Crippen molar-refractivity contribution >= 4 is 11.9 Å². The van der Waals surface area contributed by atoms with E-state index in [1.807, 2.05) is 27.7 Å². The Morgan fingerprint density at radius 2 is 1.49 bits per heavy atom. The molecule has 0 aliphatic heterocycles. The van der Waals surface area contributed by atoms with E-state index < -0.39 is 17.4 Å². The zero-order valence-electron chi connectivity index (χ0n) is 32.1. The SMILES string of the molecule is CC.CC.CO.COC(COC(=O)COCCN)C1CCC2(C(=O)O)CC[C@]3(C)C(CCC4C5(C)CCCC(C)(C)C5CCC43C)C12. The van der Waals surface area contributed by atoms with Gasteiger partial charge in [-0.3, -0.25) is 4.79 Å². The molecule has 5 fully saturated rings. The molecule has 8 heteroatoms. The number of fused-ring (bicyclic) bond motifs is 7. The summed E-state index contributed by atoms with van der Waals surface area (Å²) in [7, 11) is 2.68. The number of aliphatic carboxylic acids is 1. The number of nitrogens with two attached hydrogens (primary N) is 1. The third-order valence-electron chi connectivity index (χ3n) is 14.3. The molecule has 0 bridgehead atoms. The highest BCUT2D eigenvalue weighted by atomic mass is 16.6. The van der Waals surface area contributed by atoms with E-state index >= 15 is 0 Å². The number of aliphatic hydroxyl groups is 1. The Hall–Kier alpha value is -1.22. The van der Waals surface area contributed by atoms with E-state index in [4.69, 9.17) is 25.1 Å². The van der Waals surface area contributed by atoms with Crippen LogP contribution in [0.15, 0.2) is 0 Å². The molecule has 0 aromatic heterocycles. The summed E-state index contributed by atoms with van der Waals surface area (Å²) in [5.74, 6) is 0.806. The van der Waals surface area contributed by atoms with Gasteiger partial charge in [-0.15, -0.1) is 0 Å². The first-order valence-corrected chi connectivity index (χ1v) is 18.9. The van der Waals surface area contributed by atoms with Crippen molar-refractivity contribution < 1.29 is 34.0 Å². The van der Waals surface area contributed by atoms with Crippen LogP contribution in [-0.2, 0) is 23.8 Å². The van der Waals surface area contributed by atoms with Crippen molar-refractivity contribution in [2.45, 2.75) is 139 Å². The zero-order chi connectivity index (χ0) is 35.8. The number of carboxylic acid groups (broad SMARTS) is 1. The van der Waals surface area contributed by atoms with Gasteiger partial charge < -0.3 is 30.2 Å². The minimum Gasteiger partial charge on any atom is -0.481 e. The van der Waals surface area contributed by atoms with Gasteiger partial charge in [-0.2, -0.15) is 0 Å². The number of hydrogen-bond donors (Lipinski definition) is 3.